The van der Waals surface area contributed by atoms with Crippen LogP contribution in [0.3, 0.4) is 0 Å². The summed E-state index contributed by atoms with van der Waals surface area (Å²) >= 11 is 12.3. The molecule has 0 radical (unpaired) electrons. The summed E-state index contributed by atoms with van der Waals surface area (Å²) in [7, 11) is 0. The van der Waals surface area contributed by atoms with E-state index < -0.39 is 12.0 Å². The first-order valence-electron chi connectivity index (χ1n) is 9.40. The Morgan fingerprint density at radius 3 is 2.25 bits per heavy atom. The van der Waals surface area contributed by atoms with Gasteiger partial charge in [0.05, 0.1) is 22.7 Å². The van der Waals surface area contributed by atoms with Gasteiger partial charge in [-0.2, -0.15) is 0 Å². The molecule has 7 heteroatoms. The maximum atomic E-state index is 13.5. The summed E-state index contributed by atoms with van der Waals surface area (Å²) in [6.45, 7) is 3.68. The van der Waals surface area contributed by atoms with Crippen LogP contribution >= 0.6 is 23.2 Å². The minimum atomic E-state index is -0.479. The molecule has 0 aliphatic carbocycles. The molecular weight excluding hydrogens is 397 g/mol. The van der Waals surface area contributed by atoms with Crippen molar-refractivity contribution in [1.29, 1.82) is 0 Å². The van der Waals surface area contributed by atoms with Crippen molar-refractivity contribution in [3.05, 3.63) is 63.6 Å². The van der Waals surface area contributed by atoms with E-state index in [4.69, 9.17) is 23.2 Å². The Labute approximate surface area is 173 Å². The number of hydrazine groups is 1. The molecule has 3 atom stereocenters. The van der Waals surface area contributed by atoms with E-state index in [0.717, 1.165) is 25.1 Å². The molecule has 144 valence electrons. The van der Waals surface area contributed by atoms with E-state index in [1.165, 1.54) is 10.5 Å². The number of anilines is 1. The predicted octanol–water partition coefficient (Wildman–Crippen LogP) is 3.84. The van der Waals surface area contributed by atoms with Crippen LogP contribution in [-0.2, 0) is 9.59 Å². The van der Waals surface area contributed by atoms with E-state index >= 15 is 0 Å². The van der Waals surface area contributed by atoms with Crippen molar-refractivity contribution in [3.8, 4) is 0 Å². The minimum Gasteiger partial charge on any atom is -0.274 e. The van der Waals surface area contributed by atoms with Gasteiger partial charge in [0.2, 0.25) is 5.91 Å². The van der Waals surface area contributed by atoms with Gasteiger partial charge in [0.25, 0.3) is 5.91 Å². The van der Waals surface area contributed by atoms with Crippen LogP contribution in [0.25, 0.3) is 0 Å². The Bertz CT molecular complexity index is 978. The van der Waals surface area contributed by atoms with E-state index in [0.29, 0.717) is 15.7 Å². The summed E-state index contributed by atoms with van der Waals surface area (Å²) in [5.41, 5.74) is 2.64. The van der Waals surface area contributed by atoms with Crippen molar-refractivity contribution >= 4 is 40.7 Å². The molecule has 3 heterocycles. The van der Waals surface area contributed by atoms with Gasteiger partial charge in [0, 0.05) is 18.1 Å². The van der Waals surface area contributed by atoms with Crippen molar-refractivity contribution in [2.45, 2.75) is 25.4 Å². The highest BCUT2D eigenvalue weighted by atomic mass is 35.5. The fourth-order valence-electron chi connectivity index (χ4n) is 4.78. The second kappa shape index (κ2) is 6.56. The van der Waals surface area contributed by atoms with E-state index in [-0.39, 0.29) is 17.9 Å². The highest BCUT2D eigenvalue weighted by molar-refractivity contribution is 6.38. The summed E-state index contributed by atoms with van der Waals surface area (Å²) in [4.78, 5) is 28.1. The van der Waals surface area contributed by atoms with Crippen molar-refractivity contribution < 1.29 is 9.59 Å². The van der Waals surface area contributed by atoms with Crippen LogP contribution in [0.15, 0.2) is 42.5 Å². The lowest BCUT2D eigenvalue weighted by atomic mass is 9.89. The quantitative estimate of drug-likeness (QED) is 0.698. The van der Waals surface area contributed by atoms with Crippen molar-refractivity contribution in [1.82, 2.24) is 10.0 Å². The standard InChI is InChI=1S/C21H19Cl2N3O2/c1-12-3-5-13(6-4-12)18-17-19(25-10-2-9-24(18)25)21(28)26(20(17)27)16-8-7-14(22)11-15(16)23/h3-8,11,17-19H,2,9-10H2,1H3/t17-,18+,19-/m0/s1. The Balaban J connectivity index is 1.59. The van der Waals surface area contributed by atoms with Gasteiger partial charge in [-0.05, 0) is 37.1 Å². The number of amides is 2. The lowest BCUT2D eigenvalue weighted by Crippen LogP contribution is -2.44. The average Bonchev–Trinajstić information content (AvgIpc) is 3.30. The number of hydrogen-bond donors (Lipinski definition) is 0. The van der Waals surface area contributed by atoms with Gasteiger partial charge in [-0.3, -0.25) is 9.59 Å². The second-order valence-corrected chi connectivity index (χ2v) is 8.46. The second-order valence-electron chi connectivity index (χ2n) is 7.61. The largest absolute Gasteiger partial charge is 0.274 e. The third-order valence-electron chi connectivity index (χ3n) is 5.98. The first-order chi connectivity index (χ1) is 13.5. The highest BCUT2D eigenvalue weighted by Crippen LogP contribution is 2.49. The van der Waals surface area contributed by atoms with Gasteiger partial charge in [0.15, 0.2) is 0 Å². The molecule has 3 saturated heterocycles. The van der Waals surface area contributed by atoms with Crippen LogP contribution in [0.2, 0.25) is 10.0 Å². The van der Waals surface area contributed by atoms with Crippen molar-refractivity contribution in [2.75, 3.05) is 18.0 Å². The van der Waals surface area contributed by atoms with Gasteiger partial charge in [-0.25, -0.2) is 14.9 Å². The molecule has 3 fully saturated rings. The summed E-state index contributed by atoms with van der Waals surface area (Å²) in [6, 6.07) is 12.5. The number of aryl methyl sites for hydroxylation is 1. The highest BCUT2D eigenvalue weighted by Gasteiger charge is 2.63. The Morgan fingerprint density at radius 2 is 1.57 bits per heavy atom. The lowest BCUT2D eigenvalue weighted by Gasteiger charge is -2.30. The molecule has 3 aliphatic heterocycles. The maximum absolute atomic E-state index is 13.5. The molecule has 0 N–H and O–H groups in total. The zero-order valence-corrected chi connectivity index (χ0v) is 16.8. The Kier molecular flexibility index (Phi) is 4.25. The van der Waals surface area contributed by atoms with Gasteiger partial charge in [-0.15, -0.1) is 0 Å². The van der Waals surface area contributed by atoms with Gasteiger partial charge in [-0.1, -0.05) is 53.0 Å². The number of benzene rings is 2. The number of fused-ring (bicyclic) bond motifs is 3. The summed E-state index contributed by atoms with van der Waals surface area (Å²) in [5.74, 6) is -0.845. The molecule has 0 aromatic heterocycles. The number of hydrogen-bond acceptors (Lipinski definition) is 4. The molecule has 5 nitrogen and oxygen atoms in total. The van der Waals surface area contributed by atoms with E-state index in [2.05, 4.69) is 34.3 Å². The zero-order valence-electron chi connectivity index (χ0n) is 15.3. The number of imide groups is 1. The third-order valence-corrected chi connectivity index (χ3v) is 6.51. The Hall–Kier alpha value is -1.92. The fourth-order valence-corrected chi connectivity index (χ4v) is 5.27. The average molecular weight is 416 g/mol. The van der Waals surface area contributed by atoms with Crippen LogP contribution < -0.4 is 4.90 Å². The predicted molar refractivity (Wildman–Crippen MR) is 108 cm³/mol. The molecule has 5 rings (SSSR count). The van der Waals surface area contributed by atoms with Crippen LogP contribution in [0.1, 0.15) is 23.6 Å². The van der Waals surface area contributed by atoms with Gasteiger partial charge < -0.3 is 0 Å². The number of halogens is 2. The van der Waals surface area contributed by atoms with Crippen molar-refractivity contribution in [3.63, 3.8) is 0 Å². The van der Waals surface area contributed by atoms with Gasteiger partial charge in [0.1, 0.15) is 6.04 Å². The number of nitrogens with zero attached hydrogens (tertiary/aromatic N) is 3. The number of rotatable bonds is 2. The van der Waals surface area contributed by atoms with E-state index in [1.54, 1.807) is 18.2 Å². The molecule has 0 saturated carbocycles. The third kappa shape index (κ3) is 2.54. The van der Waals surface area contributed by atoms with Crippen LogP contribution in [-0.4, -0.2) is 41.0 Å². The minimum absolute atomic E-state index is 0.138. The molecule has 2 aromatic carbocycles. The molecule has 3 aliphatic rings. The first-order valence-corrected chi connectivity index (χ1v) is 10.2. The normalized spacial score (nSPS) is 27.5. The number of carbonyl (C=O) groups excluding carboxylic acids is 2. The topological polar surface area (TPSA) is 43.9 Å². The van der Waals surface area contributed by atoms with Crippen molar-refractivity contribution in [2.24, 2.45) is 5.92 Å². The molecule has 0 unspecified atom stereocenters. The van der Waals surface area contributed by atoms with Crippen LogP contribution in [0.5, 0.6) is 0 Å². The molecule has 0 spiro atoms. The SMILES string of the molecule is Cc1ccc([C@@H]2[C@@H]3C(=O)N(c4ccc(Cl)cc4Cl)C(=O)[C@H]3N3CCCN23)cc1. The zero-order chi connectivity index (χ0) is 19.6. The molecule has 2 aromatic rings. The summed E-state index contributed by atoms with van der Waals surface area (Å²) in [6.07, 6.45) is 0.981. The molecule has 28 heavy (non-hydrogen) atoms. The van der Waals surface area contributed by atoms with Crippen LogP contribution in [0.4, 0.5) is 5.69 Å². The summed E-state index contributed by atoms with van der Waals surface area (Å²) in [5, 5.41) is 5.06. The van der Waals surface area contributed by atoms with Crippen LogP contribution in [0, 0.1) is 12.8 Å². The van der Waals surface area contributed by atoms with Gasteiger partial charge >= 0.3 is 0 Å². The first kappa shape index (κ1) is 18.1. The molecule has 2 amide bonds. The lowest BCUT2D eigenvalue weighted by molar-refractivity contribution is -0.126. The smallest absolute Gasteiger partial charge is 0.253 e. The fraction of sp³-hybridized carbons (Fsp3) is 0.333. The van der Waals surface area contributed by atoms with E-state index in [9.17, 15) is 9.59 Å². The maximum Gasteiger partial charge on any atom is 0.253 e. The molecule has 0 bridgehead atoms. The Morgan fingerprint density at radius 1 is 0.893 bits per heavy atom. The summed E-state index contributed by atoms with van der Waals surface area (Å²) < 4.78 is 0. The monoisotopic (exact) mass is 415 g/mol. The van der Waals surface area contributed by atoms with E-state index in [1.807, 2.05) is 6.92 Å². The number of carbonyl (C=O) groups is 2. The molecular formula is C21H19Cl2N3O2.